The first-order valence-corrected chi connectivity index (χ1v) is 5.08. The summed E-state index contributed by atoms with van der Waals surface area (Å²) >= 11 is 0. The van der Waals surface area contributed by atoms with Crippen LogP contribution >= 0.6 is 0 Å². The minimum absolute atomic E-state index is 0.0188. The van der Waals surface area contributed by atoms with Crippen molar-refractivity contribution in [3.8, 4) is 0 Å². The number of amides is 2. The number of hydroxylamine groups is 2. The van der Waals surface area contributed by atoms with E-state index in [-0.39, 0.29) is 32.8 Å². The first-order chi connectivity index (χ1) is 8.15. The molecule has 0 atom stereocenters. The van der Waals surface area contributed by atoms with Crippen LogP contribution in [0.4, 0.5) is 0 Å². The van der Waals surface area contributed by atoms with Crippen molar-refractivity contribution in [1.82, 2.24) is 5.06 Å². The number of imide groups is 1. The average molecular weight is 231 g/mol. The Morgan fingerprint density at radius 3 is 2.69 bits per heavy atom. The summed E-state index contributed by atoms with van der Waals surface area (Å²) in [6, 6.07) is 0. The fourth-order valence-electron chi connectivity index (χ4n) is 1.16. The molecule has 1 aliphatic heterocycles. The minimum Gasteiger partial charge on any atom is -0.381 e. The van der Waals surface area contributed by atoms with Gasteiger partial charge in [-0.15, -0.1) is 5.06 Å². The second kappa shape index (κ2) is 6.22. The third kappa shape index (κ3) is 3.62. The molecule has 0 aromatic rings. The van der Waals surface area contributed by atoms with Crippen LogP contribution in [0.3, 0.4) is 0 Å². The van der Waals surface area contributed by atoms with E-state index in [1.54, 1.807) is 0 Å². The van der Waals surface area contributed by atoms with Gasteiger partial charge in [0.25, 0.3) is 11.8 Å². The van der Waals surface area contributed by atoms with Crippen LogP contribution in [0.2, 0.25) is 0 Å². The topological polar surface area (TPSA) is 72.9 Å². The summed E-state index contributed by atoms with van der Waals surface area (Å²) in [7, 11) is 0. The van der Waals surface area contributed by atoms with Gasteiger partial charge in [-0.1, -0.05) is 6.90 Å². The van der Waals surface area contributed by atoms with Gasteiger partial charge < -0.3 is 9.57 Å². The largest absolute Gasteiger partial charge is 0.381 e. The van der Waals surface area contributed by atoms with Gasteiger partial charge in [-0.05, 0) is 6.42 Å². The number of carbonyl (C=O) groups excluding carboxylic acids is 3. The number of ether oxygens (including phenoxy) is 1. The molecule has 0 saturated carbocycles. The highest BCUT2D eigenvalue weighted by Crippen LogP contribution is 2.12. The van der Waals surface area contributed by atoms with Crippen molar-refractivity contribution in [3.63, 3.8) is 0 Å². The SMILES string of the molecule is [3H]CCCOCCC(=O)ON1C(=O)CCC1=O. The first-order valence-electron chi connectivity index (χ1n) is 5.79. The highest BCUT2D eigenvalue weighted by Gasteiger charge is 2.32. The van der Waals surface area contributed by atoms with Crippen LogP contribution in [0.25, 0.3) is 0 Å². The Bertz CT molecular complexity index is 291. The van der Waals surface area contributed by atoms with E-state index < -0.39 is 17.8 Å². The third-order valence-corrected chi connectivity index (χ3v) is 1.94. The number of carbonyl (C=O) groups is 3. The molecule has 1 saturated heterocycles. The van der Waals surface area contributed by atoms with Crippen LogP contribution in [0.5, 0.6) is 0 Å². The molecule has 6 nitrogen and oxygen atoms in total. The van der Waals surface area contributed by atoms with Gasteiger partial charge in [0.15, 0.2) is 0 Å². The third-order valence-electron chi connectivity index (χ3n) is 1.94. The van der Waals surface area contributed by atoms with Crippen LogP contribution in [-0.2, 0) is 24.0 Å². The Balaban J connectivity index is 2.16. The molecule has 1 aliphatic rings. The summed E-state index contributed by atoms with van der Waals surface area (Å²) in [5.74, 6) is -1.64. The van der Waals surface area contributed by atoms with Gasteiger partial charge in [-0.2, -0.15) is 0 Å². The molecule has 0 radical (unpaired) electrons. The number of hydrogen-bond acceptors (Lipinski definition) is 5. The van der Waals surface area contributed by atoms with Gasteiger partial charge in [-0.25, -0.2) is 4.79 Å². The van der Waals surface area contributed by atoms with Crippen LogP contribution in [0.15, 0.2) is 0 Å². The van der Waals surface area contributed by atoms with Gasteiger partial charge in [0.05, 0.1) is 13.0 Å². The lowest BCUT2D eigenvalue weighted by Gasteiger charge is -2.12. The van der Waals surface area contributed by atoms with Crippen molar-refractivity contribution in [3.05, 3.63) is 0 Å². The maximum absolute atomic E-state index is 11.2. The molecule has 0 aliphatic carbocycles. The quantitative estimate of drug-likeness (QED) is 0.489. The Kier molecular flexibility index (Phi) is 4.30. The molecule has 0 bridgehead atoms. The zero-order chi connectivity index (χ0) is 12.7. The fourth-order valence-corrected chi connectivity index (χ4v) is 1.16. The Labute approximate surface area is 94.8 Å². The molecular formula is C10H15NO5. The lowest BCUT2D eigenvalue weighted by Crippen LogP contribution is -2.32. The molecule has 1 rings (SSSR count). The molecule has 0 spiro atoms. The van der Waals surface area contributed by atoms with Crippen molar-refractivity contribution < 1.29 is 25.3 Å². The molecule has 0 aromatic carbocycles. The first kappa shape index (κ1) is 11.1. The van der Waals surface area contributed by atoms with Crippen molar-refractivity contribution in [2.75, 3.05) is 13.2 Å². The molecule has 1 heterocycles. The maximum Gasteiger partial charge on any atom is 0.335 e. The van der Waals surface area contributed by atoms with E-state index >= 15 is 0 Å². The second-order valence-electron chi connectivity index (χ2n) is 3.26. The zero-order valence-corrected chi connectivity index (χ0v) is 8.94. The van der Waals surface area contributed by atoms with E-state index in [9.17, 15) is 14.4 Å². The normalized spacial score (nSPS) is 16.5. The highest BCUT2D eigenvalue weighted by molar-refractivity contribution is 6.01. The van der Waals surface area contributed by atoms with E-state index in [4.69, 9.17) is 6.11 Å². The minimum atomic E-state index is -0.667. The Morgan fingerprint density at radius 2 is 2.06 bits per heavy atom. The lowest BCUT2D eigenvalue weighted by atomic mass is 10.4. The predicted octanol–water partition coefficient (Wildman–Crippen LogP) is 0.410. The number of nitrogens with zero attached hydrogens (tertiary/aromatic N) is 1. The average Bonchev–Trinajstić information content (AvgIpc) is 2.60. The molecule has 0 N–H and O–H groups in total. The molecule has 2 amide bonds. The van der Waals surface area contributed by atoms with E-state index in [0.29, 0.717) is 18.1 Å². The van der Waals surface area contributed by atoms with Gasteiger partial charge >= 0.3 is 5.97 Å². The summed E-state index contributed by atoms with van der Waals surface area (Å²) < 4.78 is 11.9. The Hall–Kier alpha value is -1.43. The summed E-state index contributed by atoms with van der Waals surface area (Å²) in [6.07, 6.45) is 0.769. The number of hydrogen-bond donors (Lipinski definition) is 0. The maximum atomic E-state index is 11.2. The van der Waals surface area contributed by atoms with Crippen molar-refractivity contribution in [2.24, 2.45) is 0 Å². The highest BCUT2D eigenvalue weighted by atomic mass is 16.7. The smallest absolute Gasteiger partial charge is 0.335 e. The lowest BCUT2D eigenvalue weighted by molar-refractivity contribution is -0.198. The second-order valence-corrected chi connectivity index (χ2v) is 3.26. The summed E-state index contributed by atoms with van der Waals surface area (Å²) in [5, 5.41) is 0.520. The van der Waals surface area contributed by atoms with E-state index in [1.807, 2.05) is 0 Å². The summed E-state index contributed by atoms with van der Waals surface area (Å²) in [5.41, 5.74) is 0. The van der Waals surface area contributed by atoms with Gasteiger partial charge in [-0.3, -0.25) is 9.59 Å². The monoisotopic (exact) mass is 231 g/mol. The van der Waals surface area contributed by atoms with Crippen molar-refractivity contribution >= 4 is 17.8 Å². The van der Waals surface area contributed by atoms with Crippen molar-refractivity contribution in [2.45, 2.75) is 32.6 Å². The van der Waals surface area contributed by atoms with Gasteiger partial charge in [0.1, 0.15) is 0 Å². The van der Waals surface area contributed by atoms with Crippen LogP contribution in [0, 0.1) is 0 Å². The van der Waals surface area contributed by atoms with Crippen LogP contribution < -0.4 is 0 Å². The van der Waals surface area contributed by atoms with Gasteiger partial charge in [0, 0.05) is 20.8 Å². The van der Waals surface area contributed by atoms with E-state index in [2.05, 4.69) is 4.84 Å². The fraction of sp³-hybridized carbons (Fsp3) is 0.700. The standard InChI is InChI=1S/C10H15NO5/c1-2-6-15-7-5-10(14)16-11-8(12)3-4-9(11)13/h2-7H2,1H3/i1T. The molecule has 16 heavy (non-hydrogen) atoms. The van der Waals surface area contributed by atoms with Crippen LogP contribution in [-0.4, -0.2) is 36.1 Å². The predicted molar refractivity (Wildman–Crippen MR) is 52.9 cm³/mol. The molecule has 90 valence electrons. The van der Waals surface area contributed by atoms with Crippen molar-refractivity contribution in [1.29, 1.82) is 0 Å². The molecule has 6 heteroatoms. The van der Waals surface area contributed by atoms with Gasteiger partial charge in [0.2, 0.25) is 0 Å². The Morgan fingerprint density at radius 1 is 1.38 bits per heavy atom. The summed E-state index contributed by atoms with van der Waals surface area (Å²) in [4.78, 5) is 38.1. The summed E-state index contributed by atoms with van der Waals surface area (Å²) in [6.45, 7) is 0.856. The van der Waals surface area contributed by atoms with E-state index in [1.165, 1.54) is 0 Å². The van der Waals surface area contributed by atoms with Crippen LogP contribution in [0.1, 0.15) is 34.0 Å². The molecule has 0 unspecified atom stereocenters. The number of rotatable bonds is 6. The molecule has 1 fully saturated rings. The van der Waals surface area contributed by atoms with E-state index in [0.717, 1.165) is 0 Å². The molecular weight excluding hydrogens is 214 g/mol. The zero-order valence-electron chi connectivity index (χ0n) is 9.94. The molecule has 0 aromatic heterocycles.